The Bertz CT molecular complexity index is 1040. The van der Waals surface area contributed by atoms with Crippen LogP contribution in [0.5, 0.6) is 11.5 Å². The molecule has 0 saturated heterocycles. The Morgan fingerprint density at radius 2 is 1.43 bits per heavy atom. The predicted octanol–water partition coefficient (Wildman–Crippen LogP) is 4.09. The highest BCUT2D eigenvalue weighted by Gasteiger charge is 2.22. The van der Waals surface area contributed by atoms with Gasteiger partial charge in [0.1, 0.15) is 24.1 Å². The number of amides is 1. The summed E-state index contributed by atoms with van der Waals surface area (Å²) in [5.74, 6) is -1.28. The number of carbonyl (C=O) groups excluding carboxylic acids is 2. The van der Waals surface area contributed by atoms with Gasteiger partial charge in [0.15, 0.2) is 0 Å². The molecule has 0 aromatic heterocycles. The zero-order valence-corrected chi connectivity index (χ0v) is 21.1. The van der Waals surface area contributed by atoms with Gasteiger partial charge in [-0.15, -0.1) is 23.2 Å². The number of hydrogen-bond donors (Lipinski definition) is 3. The summed E-state index contributed by atoms with van der Waals surface area (Å²) in [7, 11) is 0. The minimum atomic E-state index is -1.41. The van der Waals surface area contributed by atoms with Crippen LogP contribution in [0.25, 0.3) is 0 Å². The average Bonchev–Trinajstić information content (AvgIpc) is 2.86. The summed E-state index contributed by atoms with van der Waals surface area (Å²) in [6, 6.07) is 11.3. The van der Waals surface area contributed by atoms with E-state index in [1.165, 1.54) is 24.3 Å². The molecule has 0 bridgehead atoms. The molecule has 200 valence electrons. The number of carboxylic acid groups (broad SMARTS) is 2. The highest BCUT2D eigenvalue weighted by molar-refractivity contribution is 6.18. The number of halogens is 2. The molecule has 2 aromatic rings. The molecule has 0 fully saturated rings. The van der Waals surface area contributed by atoms with Crippen LogP contribution in [0.1, 0.15) is 18.4 Å². The first-order valence-electron chi connectivity index (χ1n) is 11.0. The Labute approximate surface area is 222 Å². The second kappa shape index (κ2) is 15.4. The number of carboxylic acids is 2. The molecule has 11 nitrogen and oxygen atoms in total. The van der Waals surface area contributed by atoms with E-state index < -0.39 is 36.6 Å². The maximum atomic E-state index is 12.0. The molecule has 0 saturated carbocycles. The van der Waals surface area contributed by atoms with Crippen LogP contribution in [0, 0.1) is 0 Å². The molecule has 13 heteroatoms. The van der Waals surface area contributed by atoms with E-state index in [1.54, 1.807) is 24.3 Å². The van der Waals surface area contributed by atoms with Crippen molar-refractivity contribution in [2.45, 2.75) is 25.5 Å². The third-order valence-electron chi connectivity index (χ3n) is 4.84. The molecule has 0 heterocycles. The van der Waals surface area contributed by atoms with Gasteiger partial charge in [0.25, 0.3) is 0 Å². The first-order chi connectivity index (χ1) is 17.7. The van der Waals surface area contributed by atoms with Crippen LogP contribution in [0.2, 0.25) is 0 Å². The lowest BCUT2D eigenvalue weighted by atomic mass is 10.1. The number of aliphatic carboxylic acids is 2. The maximum absolute atomic E-state index is 12.0. The second-order valence-electron chi connectivity index (χ2n) is 7.50. The smallest absolute Gasteiger partial charge is 0.481 e. The normalized spacial score (nSPS) is 11.2. The van der Waals surface area contributed by atoms with E-state index in [9.17, 15) is 19.2 Å². The van der Waals surface area contributed by atoms with Crippen molar-refractivity contribution in [2.75, 3.05) is 29.7 Å². The minimum absolute atomic E-state index is 0.101. The molecule has 1 amide bonds. The van der Waals surface area contributed by atoms with Crippen LogP contribution >= 0.6 is 23.2 Å². The zero-order valence-electron chi connectivity index (χ0n) is 19.6. The van der Waals surface area contributed by atoms with E-state index in [2.05, 4.69) is 5.32 Å². The lowest BCUT2D eigenvalue weighted by Crippen LogP contribution is -2.42. The van der Waals surface area contributed by atoms with E-state index in [-0.39, 0.29) is 18.8 Å². The van der Waals surface area contributed by atoms with Gasteiger partial charge in [0, 0.05) is 37.0 Å². The van der Waals surface area contributed by atoms with Crippen LogP contribution in [-0.4, -0.2) is 65.3 Å². The van der Waals surface area contributed by atoms with Crippen molar-refractivity contribution < 1.29 is 43.6 Å². The summed E-state index contributed by atoms with van der Waals surface area (Å²) in [5.41, 5.74) is 1.46. The molecule has 2 aromatic carbocycles. The fraction of sp³-hybridized carbons (Fsp3) is 0.333. The van der Waals surface area contributed by atoms with E-state index in [4.69, 9.17) is 47.6 Å². The SMILES string of the molecule is O=C(O)CC[C@H](NC(=O)Oc1ccc(COC(=O)Oc2ccc(N(CCCl)CCCl)cc2)cc1)C(=O)O. The molecule has 0 aliphatic heterocycles. The molecule has 3 N–H and O–H groups in total. The highest BCUT2D eigenvalue weighted by Crippen LogP contribution is 2.20. The zero-order chi connectivity index (χ0) is 27.2. The van der Waals surface area contributed by atoms with Gasteiger partial charge >= 0.3 is 24.2 Å². The highest BCUT2D eigenvalue weighted by atomic mass is 35.5. The Hall–Kier alpha value is -3.70. The lowest BCUT2D eigenvalue weighted by molar-refractivity contribution is -0.140. The first kappa shape index (κ1) is 29.5. The summed E-state index contributed by atoms with van der Waals surface area (Å²) < 4.78 is 15.3. The van der Waals surface area contributed by atoms with Gasteiger partial charge in [0.2, 0.25) is 0 Å². The van der Waals surface area contributed by atoms with Crippen molar-refractivity contribution >= 4 is 53.1 Å². The summed E-state index contributed by atoms with van der Waals surface area (Å²) in [4.78, 5) is 47.7. The number of ether oxygens (including phenoxy) is 3. The van der Waals surface area contributed by atoms with Crippen LogP contribution in [0.3, 0.4) is 0 Å². The van der Waals surface area contributed by atoms with Crippen molar-refractivity contribution in [3.05, 3.63) is 54.1 Å². The number of rotatable bonds is 14. The van der Waals surface area contributed by atoms with Gasteiger partial charge in [-0.25, -0.2) is 14.4 Å². The van der Waals surface area contributed by atoms with Crippen molar-refractivity contribution in [3.63, 3.8) is 0 Å². The Balaban J connectivity index is 1.81. The quantitative estimate of drug-likeness (QED) is 0.176. The van der Waals surface area contributed by atoms with Gasteiger partial charge in [-0.2, -0.15) is 0 Å². The predicted molar refractivity (Wildman–Crippen MR) is 135 cm³/mol. The number of alkyl halides is 2. The molecular weight excluding hydrogens is 531 g/mol. The standard InChI is InChI=1S/C24H26Cl2N2O9/c25-11-13-28(14-12-26)17-3-7-19(8-4-17)37-24(34)35-15-16-1-5-18(6-2-16)36-23(33)27-20(22(31)32)9-10-21(29)30/h1-8,20H,9-15H2,(H,27,33)(H,29,30)(H,31,32)/t20-/m0/s1. The molecule has 2 rings (SSSR count). The lowest BCUT2D eigenvalue weighted by Gasteiger charge is -2.22. The average molecular weight is 557 g/mol. The molecule has 0 unspecified atom stereocenters. The van der Waals surface area contributed by atoms with Crippen molar-refractivity contribution in [1.82, 2.24) is 5.32 Å². The number of nitrogens with zero attached hydrogens (tertiary/aromatic N) is 1. The Morgan fingerprint density at radius 1 is 0.865 bits per heavy atom. The van der Waals surface area contributed by atoms with Crippen LogP contribution in [-0.2, 0) is 20.9 Å². The maximum Gasteiger partial charge on any atom is 0.514 e. The van der Waals surface area contributed by atoms with Gasteiger partial charge in [-0.3, -0.25) is 4.79 Å². The fourth-order valence-corrected chi connectivity index (χ4v) is 3.43. The van der Waals surface area contributed by atoms with Gasteiger partial charge in [-0.1, -0.05) is 12.1 Å². The van der Waals surface area contributed by atoms with Crippen LogP contribution in [0.15, 0.2) is 48.5 Å². The van der Waals surface area contributed by atoms with Crippen LogP contribution in [0.4, 0.5) is 15.3 Å². The monoisotopic (exact) mass is 556 g/mol. The van der Waals surface area contributed by atoms with Gasteiger partial charge in [0.05, 0.1) is 0 Å². The van der Waals surface area contributed by atoms with E-state index >= 15 is 0 Å². The summed E-state index contributed by atoms with van der Waals surface area (Å²) >= 11 is 11.6. The Morgan fingerprint density at radius 3 is 1.97 bits per heavy atom. The molecule has 0 radical (unpaired) electrons. The molecule has 0 aliphatic carbocycles. The number of carbonyl (C=O) groups is 4. The van der Waals surface area contributed by atoms with Crippen molar-refractivity contribution in [3.8, 4) is 11.5 Å². The summed E-state index contributed by atoms with van der Waals surface area (Å²) in [6.45, 7) is 1.14. The second-order valence-corrected chi connectivity index (χ2v) is 8.26. The number of hydrogen-bond acceptors (Lipinski definition) is 8. The van der Waals surface area contributed by atoms with Gasteiger partial charge in [-0.05, 0) is 48.4 Å². The topological polar surface area (TPSA) is 152 Å². The van der Waals surface area contributed by atoms with Gasteiger partial charge < -0.3 is 34.6 Å². The number of nitrogens with one attached hydrogen (secondary N) is 1. The molecule has 1 atom stereocenters. The fourth-order valence-electron chi connectivity index (χ4n) is 3.02. The summed E-state index contributed by atoms with van der Waals surface area (Å²) in [5, 5.41) is 19.8. The van der Waals surface area contributed by atoms with Crippen LogP contribution < -0.4 is 19.7 Å². The molecular formula is C24H26Cl2N2O9. The summed E-state index contributed by atoms with van der Waals surface area (Å²) in [6.07, 6.45) is -2.69. The van der Waals surface area contributed by atoms with Crippen molar-refractivity contribution in [1.29, 1.82) is 0 Å². The van der Waals surface area contributed by atoms with E-state index in [0.29, 0.717) is 36.2 Å². The molecule has 0 spiro atoms. The van der Waals surface area contributed by atoms with E-state index in [0.717, 1.165) is 5.69 Å². The number of anilines is 1. The largest absolute Gasteiger partial charge is 0.514 e. The van der Waals surface area contributed by atoms with E-state index in [1.807, 2.05) is 4.90 Å². The Kier molecular flexibility index (Phi) is 12.3. The number of benzene rings is 2. The third-order valence-corrected chi connectivity index (χ3v) is 5.18. The minimum Gasteiger partial charge on any atom is -0.481 e. The first-order valence-corrected chi connectivity index (χ1v) is 12.1. The third kappa shape index (κ3) is 10.8. The van der Waals surface area contributed by atoms with Crippen molar-refractivity contribution in [2.24, 2.45) is 0 Å². The molecule has 0 aliphatic rings. The molecule has 37 heavy (non-hydrogen) atoms.